The second kappa shape index (κ2) is 8.39. The maximum Gasteiger partial charge on any atom is 0.231 e. The monoisotopic (exact) mass is 369 g/mol. The van der Waals surface area contributed by atoms with Gasteiger partial charge in [-0.15, -0.1) is 0 Å². The van der Waals surface area contributed by atoms with Crippen LogP contribution in [0.25, 0.3) is 10.8 Å². The highest BCUT2D eigenvalue weighted by atomic mass is 16.5. The number of primary amides is 1. The van der Waals surface area contributed by atoms with Crippen molar-refractivity contribution in [3.63, 3.8) is 0 Å². The summed E-state index contributed by atoms with van der Waals surface area (Å²) in [6.07, 6.45) is 1.51. The molecular formula is C21H27N3O3. The fraction of sp³-hybridized carbons (Fsp3) is 0.429. The third kappa shape index (κ3) is 4.77. The molecule has 0 radical (unpaired) electrons. The number of rotatable bonds is 6. The number of fused-ring (bicyclic) bond motifs is 1. The molecule has 1 aliphatic rings. The minimum Gasteiger partial charge on any atom is -0.497 e. The predicted octanol–water partition coefficient (Wildman–Crippen LogP) is 2.22. The summed E-state index contributed by atoms with van der Waals surface area (Å²) in [6.45, 7) is 3.73. The molecule has 2 aromatic carbocycles. The van der Waals surface area contributed by atoms with Gasteiger partial charge in [0.25, 0.3) is 0 Å². The minimum absolute atomic E-state index is 0.0127. The van der Waals surface area contributed by atoms with Crippen molar-refractivity contribution in [2.75, 3.05) is 26.7 Å². The Morgan fingerprint density at radius 1 is 1.19 bits per heavy atom. The van der Waals surface area contributed by atoms with E-state index < -0.39 is 0 Å². The van der Waals surface area contributed by atoms with Crippen LogP contribution in [0, 0.1) is 5.92 Å². The SMILES string of the molecule is COc1ccc2cc(C(C)NC(=O)C3CCN(CC(N)=O)CC3)ccc2c1. The van der Waals surface area contributed by atoms with Crippen LogP contribution >= 0.6 is 0 Å². The third-order valence-corrected chi connectivity index (χ3v) is 5.27. The zero-order valence-corrected chi connectivity index (χ0v) is 15.9. The molecule has 0 bridgehead atoms. The van der Waals surface area contributed by atoms with Crippen LogP contribution in [0.15, 0.2) is 36.4 Å². The van der Waals surface area contributed by atoms with E-state index in [0.717, 1.165) is 48.0 Å². The molecule has 144 valence electrons. The van der Waals surface area contributed by atoms with Crippen LogP contribution in [0.4, 0.5) is 0 Å². The molecule has 6 nitrogen and oxygen atoms in total. The number of benzene rings is 2. The first-order valence-electron chi connectivity index (χ1n) is 9.35. The van der Waals surface area contributed by atoms with Crippen molar-refractivity contribution in [1.82, 2.24) is 10.2 Å². The van der Waals surface area contributed by atoms with Crippen LogP contribution < -0.4 is 15.8 Å². The Morgan fingerprint density at radius 3 is 2.52 bits per heavy atom. The number of piperidine rings is 1. The van der Waals surface area contributed by atoms with Crippen LogP contribution in [-0.4, -0.2) is 43.5 Å². The molecule has 2 amide bonds. The van der Waals surface area contributed by atoms with Crippen molar-refractivity contribution in [3.8, 4) is 5.75 Å². The van der Waals surface area contributed by atoms with Crippen molar-refractivity contribution in [2.24, 2.45) is 11.7 Å². The number of hydrogen-bond acceptors (Lipinski definition) is 4. The number of nitrogens with one attached hydrogen (secondary N) is 1. The van der Waals surface area contributed by atoms with Gasteiger partial charge < -0.3 is 15.8 Å². The summed E-state index contributed by atoms with van der Waals surface area (Å²) >= 11 is 0. The molecular weight excluding hydrogens is 342 g/mol. The van der Waals surface area contributed by atoms with Gasteiger partial charge in [-0.1, -0.05) is 18.2 Å². The Morgan fingerprint density at radius 2 is 1.85 bits per heavy atom. The van der Waals surface area contributed by atoms with Crippen molar-refractivity contribution >= 4 is 22.6 Å². The second-order valence-corrected chi connectivity index (χ2v) is 7.22. The lowest BCUT2D eigenvalue weighted by molar-refractivity contribution is -0.127. The van der Waals surface area contributed by atoms with Gasteiger partial charge in [0.2, 0.25) is 11.8 Å². The van der Waals surface area contributed by atoms with Crippen LogP contribution in [0.2, 0.25) is 0 Å². The van der Waals surface area contributed by atoms with E-state index in [4.69, 9.17) is 10.5 Å². The molecule has 3 rings (SSSR count). The highest BCUT2D eigenvalue weighted by Crippen LogP contribution is 2.25. The van der Waals surface area contributed by atoms with Gasteiger partial charge in [0.15, 0.2) is 0 Å². The first kappa shape index (κ1) is 19.2. The van der Waals surface area contributed by atoms with E-state index in [1.54, 1.807) is 7.11 Å². The molecule has 6 heteroatoms. The average molecular weight is 369 g/mol. The van der Waals surface area contributed by atoms with Gasteiger partial charge in [-0.05, 0) is 67.4 Å². The lowest BCUT2D eigenvalue weighted by Crippen LogP contribution is -2.43. The van der Waals surface area contributed by atoms with E-state index in [-0.39, 0.29) is 30.3 Å². The molecule has 1 aliphatic heterocycles. The van der Waals surface area contributed by atoms with Crippen LogP contribution in [0.1, 0.15) is 31.4 Å². The second-order valence-electron chi connectivity index (χ2n) is 7.22. The normalized spacial score (nSPS) is 16.8. The predicted molar refractivity (Wildman–Crippen MR) is 105 cm³/mol. The van der Waals surface area contributed by atoms with E-state index in [9.17, 15) is 9.59 Å². The molecule has 1 saturated heterocycles. The summed E-state index contributed by atoms with van der Waals surface area (Å²) in [5, 5.41) is 5.36. The van der Waals surface area contributed by atoms with Crippen molar-refractivity contribution in [1.29, 1.82) is 0 Å². The summed E-state index contributed by atoms with van der Waals surface area (Å²) in [4.78, 5) is 25.6. The molecule has 1 fully saturated rings. The number of nitrogens with two attached hydrogens (primary N) is 1. The summed E-state index contributed by atoms with van der Waals surface area (Å²) in [5.41, 5.74) is 6.31. The van der Waals surface area contributed by atoms with Crippen LogP contribution in [0.5, 0.6) is 5.75 Å². The molecule has 0 aromatic heterocycles. The molecule has 1 unspecified atom stereocenters. The average Bonchev–Trinajstić information content (AvgIpc) is 2.67. The van der Waals surface area contributed by atoms with Gasteiger partial charge in [-0.3, -0.25) is 14.5 Å². The molecule has 1 heterocycles. The van der Waals surface area contributed by atoms with E-state index in [0.29, 0.717) is 0 Å². The topological polar surface area (TPSA) is 84.7 Å². The lowest BCUT2D eigenvalue weighted by Gasteiger charge is -2.31. The summed E-state index contributed by atoms with van der Waals surface area (Å²) < 4.78 is 5.26. The van der Waals surface area contributed by atoms with Gasteiger partial charge in [0.05, 0.1) is 19.7 Å². The Bertz CT molecular complexity index is 829. The van der Waals surface area contributed by atoms with E-state index in [2.05, 4.69) is 17.4 Å². The maximum atomic E-state index is 12.6. The van der Waals surface area contributed by atoms with Gasteiger partial charge in [-0.25, -0.2) is 0 Å². The fourth-order valence-corrected chi connectivity index (χ4v) is 3.63. The number of carbonyl (C=O) groups is 2. The molecule has 27 heavy (non-hydrogen) atoms. The standard InChI is InChI=1S/C21H27N3O3/c1-14(16-3-4-18-12-19(27-2)6-5-17(18)11-16)23-21(26)15-7-9-24(10-8-15)13-20(22)25/h3-6,11-12,14-15H,7-10,13H2,1-2H3,(H2,22,25)(H,23,26). The van der Waals surface area contributed by atoms with E-state index in [1.165, 1.54) is 0 Å². The van der Waals surface area contributed by atoms with Crippen molar-refractivity contribution < 1.29 is 14.3 Å². The Labute approximate surface area is 159 Å². The van der Waals surface area contributed by atoms with Crippen molar-refractivity contribution in [2.45, 2.75) is 25.8 Å². The zero-order chi connectivity index (χ0) is 19.4. The number of carbonyl (C=O) groups excluding carboxylic acids is 2. The highest BCUT2D eigenvalue weighted by Gasteiger charge is 2.26. The smallest absolute Gasteiger partial charge is 0.231 e. The molecule has 1 atom stereocenters. The number of amides is 2. The van der Waals surface area contributed by atoms with E-state index >= 15 is 0 Å². The molecule has 2 aromatic rings. The largest absolute Gasteiger partial charge is 0.497 e. The van der Waals surface area contributed by atoms with E-state index in [1.807, 2.05) is 36.1 Å². The van der Waals surface area contributed by atoms with Crippen molar-refractivity contribution in [3.05, 3.63) is 42.0 Å². The summed E-state index contributed by atoms with van der Waals surface area (Å²) in [7, 11) is 1.66. The molecule has 0 saturated carbocycles. The molecule has 0 spiro atoms. The van der Waals surface area contributed by atoms with Crippen LogP contribution in [0.3, 0.4) is 0 Å². The number of nitrogens with zero attached hydrogens (tertiary/aromatic N) is 1. The van der Waals surface area contributed by atoms with Gasteiger partial charge in [0, 0.05) is 5.92 Å². The van der Waals surface area contributed by atoms with Gasteiger partial charge in [0.1, 0.15) is 5.75 Å². The first-order valence-corrected chi connectivity index (χ1v) is 9.35. The zero-order valence-electron chi connectivity index (χ0n) is 15.9. The maximum absolute atomic E-state index is 12.6. The summed E-state index contributed by atoms with van der Waals surface area (Å²) in [5.74, 6) is 0.581. The Kier molecular flexibility index (Phi) is 5.96. The number of ether oxygens (including phenoxy) is 1. The van der Waals surface area contributed by atoms with Gasteiger partial charge >= 0.3 is 0 Å². The minimum atomic E-state index is -0.319. The Balaban J connectivity index is 1.60. The van der Waals surface area contributed by atoms with Crippen LogP contribution in [-0.2, 0) is 9.59 Å². The number of likely N-dealkylation sites (tertiary alicyclic amines) is 1. The van der Waals surface area contributed by atoms with Gasteiger partial charge in [-0.2, -0.15) is 0 Å². The Hall–Kier alpha value is -2.60. The lowest BCUT2D eigenvalue weighted by atomic mass is 9.95. The number of hydrogen-bond donors (Lipinski definition) is 2. The quantitative estimate of drug-likeness (QED) is 0.818. The third-order valence-electron chi connectivity index (χ3n) is 5.27. The number of methoxy groups -OCH3 is 1. The fourth-order valence-electron chi connectivity index (χ4n) is 3.63. The molecule has 0 aliphatic carbocycles. The highest BCUT2D eigenvalue weighted by molar-refractivity contribution is 5.85. The molecule has 3 N–H and O–H groups in total. The first-order chi connectivity index (χ1) is 13.0. The summed E-state index contributed by atoms with van der Waals surface area (Å²) in [6, 6.07) is 12.1.